The highest BCUT2D eigenvalue weighted by Crippen LogP contribution is 2.25. The van der Waals surface area contributed by atoms with Gasteiger partial charge in [0, 0.05) is 12.1 Å². The SMILES string of the molecule is Cc1cc(OCC(=O)O)ccc1NC(=O)CC(C)c1ccccc1F. The van der Waals surface area contributed by atoms with E-state index in [-0.39, 0.29) is 24.1 Å². The van der Waals surface area contributed by atoms with E-state index >= 15 is 0 Å². The standard InChI is InChI=1S/C19H20FNO4/c1-12(15-5-3-4-6-16(15)20)10-18(22)21-17-8-7-14(9-13(17)2)25-11-19(23)24/h3-9,12H,10-11H2,1-2H3,(H,21,22)(H,23,24). The molecule has 2 rings (SSSR count). The van der Waals surface area contributed by atoms with Crippen molar-refractivity contribution in [1.82, 2.24) is 0 Å². The van der Waals surface area contributed by atoms with E-state index in [1.165, 1.54) is 6.07 Å². The summed E-state index contributed by atoms with van der Waals surface area (Å²) < 4.78 is 18.9. The molecule has 2 N–H and O–H groups in total. The lowest BCUT2D eigenvalue weighted by Crippen LogP contribution is -2.16. The van der Waals surface area contributed by atoms with Crippen LogP contribution in [0.25, 0.3) is 0 Å². The van der Waals surface area contributed by atoms with Gasteiger partial charge in [-0.1, -0.05) is 25.1 Å². The predicted octanol–water partition coefficient (Wildman–Crippen LogP) is 3.73. The first-order valence-electron chi connectivity index (χ1n) is 7.86. The Kier molecular flexibility index (Phi) is 6.11. The molecular formula is C19H20FNO4. The molecule has 0 saturated heterocycles. The summed E-state index contributed by atoms with van der Waals surface area (Å²) >= 11 is 0. The summed E-state index contributed by atoms with van der Waals surface area (Å²) in [5, 5.41) is 11.4. The molecule has 0 aliphatic rings. The van der Waals surface area contributed by atoms with Gasteiger partial charge in [0.2, 0.25) is 5.91 Å². The van der Waals surface area contributed by atoms with E-state index in [1.54, 1.807) is 50.2 Å². The summed E-state index contributed by atoms with van der Waals surface area (Å²) in [7, 11) is 0. The van der Waals surface area contributed by atoms with Gasteiger partial charge in [-0.2, -0.15) is 0 Å². The Bertz CT molecular complexity index is 776. The molecule has 25 heavy (non-hydrogen) atoms. The van der Waals surface area contributed by atoms with Crippen molar-refractivity contribution in [2.24, 2.45) is 0 Å². The molecule has 0 aliphatic carbocycles. The number of nitrogens with one attached hydrogen (secondary N) is 1. The van der Waals surface area contributed by atoms with Crippen LogP contribution in [0.15, 0.2) is 42.5 Å². The highest BCUT2D eigenvalue weighted by atomic mass is 19.1. The minimum Gasteiger partial charge on any atom is -0.482 e. The lowest BCUT2D eigenvalue weighted by atomic mass is 9.97. The maximum absolute atomic E-state index is 13.8. The monoisotopic (exact) mass is 345 g/mol. The first-order valence-corrected chi connectivity index (χ1v) is 7.86. The summed E-state index contributed by atoms with van der Waals surface area (Å²) in [6, 6.07) is 11.3. The Labute approximate surface area is 145 Å². The molecule has 1 atom stereocenters. The molecule has 5 nitrogen and oxygen atoms in total. The predicted molar refractivity (Wildman–Crippen MR) is 92.4 cm³/mol. The fourth-order valence-corrected chi connectivity index (χ4v) is 2.48. The van der Waals surface area contributed by atoms with Crippen molar-refractivity contribution < 1.29 is 23.8 Å². The summed E-state index contributed by atoms with van der Waals surface area (Å²) in [4.78, 5) is 22.7. The summed E-state index contributed by atoms with van der Waals surface area (Å²) in [5.74, 6) is -1.44. The summed E-state index contributed by atoms with van der Waals surface area (Å²) in [5.41, 5.74) is 1.86. The van der Waals surface area contributed by atoms with Crippen molar-refractivity contribution >= 4 is 17.6 Å². The second kappa shape index (κ2) is 8.28. The third-order valence-corrected chi connectivity index (χ3v) is 3.76. The molecule has 0 aliphatic heterocycles. The maximum atomic E-state index is 13.8. The zero-order chi connectivity index (χ0) is 18.4. The fraction of sp³-hybridized carbons (Fsp3) is 0.263. The Balaban J connectivity index is 1.98. The number of aliphatic carboxylic acids is 1. The van der Waals surface area contributed by atoms with Crippen LogP contribution < -0.4 is 10.1 Å². The van der Waals surface area contributed by atoms with Crippen molar-refractivity contribution in [2.75, 3.05) is 11.9 Å². The quantitative estimate of drug-likeness (QED) is 0.802. The zero-order valence-corrected chi connectivity index (χ0v) is 14.1. The minimum absolute atomic E-state index is 0.150. The number of carbonyl (C=O) groups is 2. The molecule has 0 spiro atoms. The van der Waals surface area contributed by atoms with Gasteiger partial charge in [0.05, 0.1) is 0 Å². The highest BCUT2D eigenvalue weighted by Gasteiger charge is 2.15. The van der Waals surface area contributed by atoms with Crippen LogP contribution in [0.2, 0.25) is 0 Å². The van der Waals surface area contributed by atoms with E-state index in [1.807, 2.05) is 0 Å². The number of hydrogen-bond acceptors (Lipinski definition) is 3. The topological polar surface area (TPSA) is 75.6 Å². The number of amides is 1. The molecule has 0 heterocycles. The van der Waals surface area contributed by atoms with Crippen molar-refractivity contribution in [1.29, 1.82) is 0 Å². The Morgan fingerprint density at radius 1 is 1.24 bits per heavy atom. The van der Waals surface area contributed by atoms with E-state index < -0.39 is 12.6 Å². The number of ether oxygens (including phenoxy) is 1. The lowest BCUT2D eigenvalue weighted by Gasteiger charge is -2.14. The van der Waals surface area contributed by atoms with Gasteiger partial charge in [-0.3, -0.25) is 4.79 Å². The first-order chi connectivity index (χ1) is 11.9. The lowest BCUT2D eigenvalue weighted by molar-refractivity contribution is -0.139. The molecule has 0 radical (unpaired) electrons. The number of carboxylic acid groups (broad SMARTS) is 1. The highest BCUT2D eigenvalue weighted by molar-refractivity contribution is 5.92. The zero-order valence-electron chi connectivity index (χ0n) is 14.1. The molecule has 2 aromatic rings. The largest absolute Gasteiger partial charge is 0.482 e. The van der Waals surface area contributed by atoms with E-state index in [4.69, 9.17) is 9.84 Å². The number of carboxylic acids is 1. The molecule has 2 aromatic carbocycles. The maximum Gasteiger partial charge on any atom is 0.341 e. The van der Waals surface area contributed by atoms with Gasteiger partial charge in [0.1, 0.15) is 11.6 Å². The molecular weight excluding hydrogens is 325 g/mol. The molecule has 0 bridgehead atoms. The van der Waals surface area contributed by atoms with Crippen molar-refractivity contribution in [2.45, 2.75) is 26.2 Å². The van der Waals surface area contributed by atoms with E-state index in [9.17, 15) is 14.0 Å². The van der Waals surface area contributed by atoms with Crippen molar-refractivity contribution in [3.8, 4) is 5.75 Å². The number of aryl methyl sites for hydroxylation is 1. The second-order valence-electron chi connectivity index (χ2n) is 5.83. The molecule has 0 aromatic heterocycles. The summed E-state index contributed by atoms with van der Waals surface area (Å²) in [6.45, 7) is 3.16. The number of carbonyl (C=O) groups excluding carboxylic acids is 1. The van der Waals surface area contributed by atoms with Crippen LogP contribution in [0.3, 0.4) is 0 Å². The smallest absolute Gasteiger partial charge is 0.341 e. The third kappa shape index (κ3) is 5.31. The van der Waals surface area contributed by atoms with Gasteiger partial charge < -0.3 is 15.2 Å². The van der Waals surface area contributed by atoms with Crippen LogP contribution >= 0.6 is 0 Å². The van der Waals surface area contributed by atoms with Gasteiger partial charge in [-0.15, -0.1) is 0 Å². The van der Waals surface area contributed by atoms with Gasteiger partial charge >= 0.3 is 5.97 Å². The Hall–Kier alpha value is -2.89. The Morgan fingerprint density at radius 2 is 1.96 bits per heavy atom. The molecule has 1 unspecified atom stereocenters. The molecule has 0 fully saturated rings. The van der Waals surface area contributed by atoms with Crippen LogP contribution in [0.5, 0.6) is 5.75 Å². The average molecular weight is 345 g/mol. The average Bonchev–Trinajstić information content (AvgIpc) is 2.55. The minimum atomic E-state index is -1.06. The number of halogens is 1. The van der Waals surface area contributed by atoms with Crippen molar-refractivity contribution in [3.05, 3.63) is 59.4 Å². The summed E-state index contributed by atoms with van der Waals surface area (Å²) in [6.07, 6.45) is 0.150. The van der Waals surface area contributed by atoms with Gasteiger partial charge in [0.25, 0.3) is 0 Å². The molecule has 0 saturated carbocycles. The number of benzene rings is 2. The number of rotatable bonds is 7. The Morgan fingerprint density at radius 3 is 2.60 bits per heavy atom. The van der Waals surface area contributed by atoms with Gasteiger partial charge in [-0.05, 0) is 48.2 Å². The first kappa shape index (κ1) is 18.4. The van der Waals surface area contributed by atoms with E-state index in [0.717, 1.165) is 5.56 Å². The third-order valence-electron chi connectivity index (χ3n) is 3.76. The van der Waals surface area contributed by atoms with Gasteiger partial charge in [-0.25, -0.2) is 9.18 Å². The van der Waals surface area contributed by atoms with Crippen molar-refractivity contribution in [3.63, 3.8) is 0 Å². The van der Waals surface area contributed by atoms with Crippen LogP contribution in [0.4, 0.5) is 10.1 Å². The van der Waals surface area contributed by atoms with Crippen LogP contribution in [-0.2, 0) is 9.59 Å². The van der Waals surface area contributed by atoms with Crippen LogP contribution in [-0.4, -0.2) is 23.6 Å². The fourth-order valence-electron chi connectivity index (χ4n) is 2.48. The van der Waals surface area contributed by atoms with Gasteiger partial charge in [0.15, 0.2) is 6.61 Å². The van der Waals surface area contributed by atoms with E-state index in [0.29, 0.717) is 17.0 Å². The van der Waals surface area contributed by atoms with Crippen LogP contribution in [0, 0.1) is 12.7 Å². The molecule has 1 amide bonds. The number of anilines is 1. The molecule has 132 valence electrons. The second-order valence-corrected chi connectivity index (χ2v) is 5.83. The van der Waals surface area contributed by atoms with Crippen LogP contribution in [0.1, 0.15) is 30.4 Å². The molecule has 6 heteroatoms. The normalized spacial score (nSPS) is 11.6. The van der Waals surface area contributed by atoms with E-state index in [2.05, 4.69) is 5.32 Å². The number of hydrogen-bond donors (Lipinski definition) is 2.